The third-order valence-electron chi connectivity index (χ3n) is 4.25. The summed E-state index contributed by atoms with van der Waals surface area (Å²) < 4.78 is 5.56. The fourth-order valence-electron chi connectivity index (χ4n) is 3.15. The maximum Gasteiger partial charge on any atom is 0.0982 e. The number of rotatable bonds is 3. The second kappa shape index (κ2) is 5.29. The average molecular weight is 320 g/mol. The van der Waals surface area contributed by atoms with E-state index in [1.165, 1.54) is 11.1 Å². The van der Waals surface area contributed by atoms with Crippen LogP contribution in [0.5, 0.6) is 0 Å². The van der Waals surface area contributed by atoms with Crippen LogP contribution in [0, 0.1) is 0 Å². The van der Waals surface area contributed by atoms with E-state index in [2.05, 4.69) is 29.2 Å². The Hall–Kier alpha value is -1.06. The van der Waals surface area contributed by atoms with Crippen LogP contribution in [0.4, 0.5) is 0 Å². The zero-order chi connectivity index (χ0) is 14.4. The molecule has 2 aliphatic rings. The minimum atomic E-state index is 0.232. The van der Waals surface area contributed by atoms with Crippen molar-refractivity contribution in [3.05, 3.63) is 69.7 Å². The van der Waals surface area contributed by atoms with Gasteiger partial charge in [-0.2, -0.15) is 0 Å². The Labute approximate surface area is 134 Å². The summed E-state index contributed by atoms with van der Waals surface area (Å²) in [5, 5.41) is 1.53. The molecule has 0 spiro atoms. The van der Waals surface area contributed by atoms with Gasteiger partial charge >= 0.3 is 0 Å². The number of benzene rings is 2. The summed E-state index contributed by atoms with van der Waals surface area (Å²) in [5.74, 6) is 0. The summed E-state index contributed by atoms with van der Waals surface area (Å²) in [6, 6.07) is 16.5. The molecule has 0 aliphatic carbocycles. The van der Waals surface area contributed by atoms with Gasteiger partial charge < -0.3 is 4.74 Å². The van der Waals surface area contributed by atoms with Gasteiger partial charge in [-0.1, -0.05) is 47.5 Å². The third-order valence-corrected chi connectivity index (χ3v) is 4.76. The van der Waals surface area contributed by atoms with Gasteiger partial charge in [0.2, 0.25) is 0 Å². The van der Waals surface area contributed by atoms with Crippen LogP contribution < -0.4 is 0 Å². The smallest absolute Gasteiger partial charge is 0.0982 e. The van der Waals surface area contributed by atoms with Gasteiger partial charge in [-0.05, 0) is 35.4 Å². The van der Waals surface area contributed by atoms with Crippen molar-refractivity contribution in [3.8, 4) is 0 Å². The van der Waals surface area contributed by atoms with Crippen molar-refractivity contribution in [2.24, 2.45) is 0 Å². The summed E-state index contributed by atoms with van der Waals surface area (Å²) >= 11 is 12.0. The van der Waals surface area contributed by atoms with E-state index >= 15 is 0 Å². The highest BCUT2D eigenvalue weighted by atomic mass is 35.5. The average Bonchev–Trinajstić information content (AvgIpc) is 3.10. The number of likely N-dealkylation sites (tertiary alicyclic amines) is 1. The Morgan fingerprint density at radius 3 is 1.67 bits per heavy atom. The Kier molecular flexibility index (Phi) is 3.43. The molecule has 108 valence electrons. The molecular weight excluding hydrogens is 305 g/mol. The van der Waals surface area contributed by atoms with Gasteiger partial charge in [0.05, 0.1) is 18.2 Å². The molecule has 21 heavy (non-hydrogen) atoms. The van der Waals surface area contributed by atoms with Crippen LogP contribution >= 0.6 is 23.2 Å². The number of epoxide rings is 1. The Bertz CT molecular complexity index is 585. The van der Waals surface area contributed by atoms with E-state index in [0.29, 0.717) is 12.2 Å². The van der Waals surface area contributed by atoms with Crippen molar-refractivity contribution in [1.29, 1.82) is 0 Å². The molecule has 2 heterocycles. The SMILES string of the molecule is Clc1ccc(C(c2ccc(Cl)cc2)N2CC3OC3C2)cc1. The van der Waals surface area contributed by atoms with Gasteiger partial charge in [-0.3, -0.25) is 4.90 Å². The van der Waals surface area contributed by atoms with Crippen LogP contribution in [0.3, 0.4) is 0 Å². The predicted octanol–water partition coefficient (Wildman–Crippen LogP) is 4.17. The van der Waals surface area contributed by atoms with Gasteiger partial charge in [0.25, 0.3) is 0 Å². The Balaban J connectivity index is 1.70. The molecule has 0 saturated carbocycles. The molecular formula is C17H15Cl2NO. The van der Waals surface area contributed by atoms with Gasteiger partial charge in [0.15, 0.2) is 0 Å². The summed E-state index contributed by atoms with van der Waals surface area (Å²) in [4.78, 5) is 2.48. The molecule has 2 nitrogen and oxygen atoms in total. The van der Waals surface area contributed by atoms with Gasteiger partial charge in [-0.25, -0.2) is 0 Å². The molecule has 2 saturated heterocycles. The number of nitrogens with zero attached hydrogens (tertiary/aromatic N) is 1. The van der Waals surface area contributed by atoms with Crippen molar-refractivity contribution >= 4 is 23.2 Å². The molecule has 2 aromatic rings. The quantitative estimate of drug-likeness (QED) is 0.789. The molecule has 4 heteroatoms. The minimum Gasteiger partial charge on any atom is -0.367 e. The summed E-state index contributed by atoms with van der Waals surface area (Å²) in [5.41, 5.74) is 2.51. The fraction of sp³-hybridized carbons (Fsp3) is 0.294. The van der Waals surface area contributed by atoms with E-state index in [9.17, 15) is 0 Å². The molecule has 2 aromatic carbocycles. The Morgan fingerprint density at radius 1 is 0.810 bits per heavy atom. The van der Waals surface area contributed by atoms with Crippen molar-refractivity contribution in [1.82, 2.24) is 4.90 Å². The Morgan fingerprint density at radius 2 is 1.24 bits per heavy atom. The highest BCUT2D eigenvalue weighted by Crippen LogP contribution is 2.39. The zero-order valence-electron chi connectivity index (χ0n) is 11.4. The lowest BCUT2D eigenvalue weighted by molar-refractivity contribution is 0.174. The van der Waals surface area contributed by atoms with E-state index in [-0.39, 0.29) is 6.04 Å². The molecule has 2 atom stereocenters. The number of ether oxygens (including phenoxy) is 1. The maximum atomic E-state index is 6.02. The third kappa shape index (κ3) is 2.69. The molecule has 0 bridgehead atoms. The first-order valence-corrected chi connectivity index (χ1v) is 7.87. The van der Waals surface area contributed by atoms with Gasteiger partial charge in [-0.15, -0.1) is 0 Å². The molecule has 0 amide bonds. The number of hydrogen-bond donors (Lipinski definition) is 0. The van der Waals surface area contributed by atoms with Crippen LogP contribution in [0.15, 0.2) is 48.5 Å². The lowest BCUT2D eigenvalue weighted by Gasteiger charge is -2.29. The number of morpholine rings is 1. The molecule has 4 rings (SSSR count). The number of hydrogen-bond acceptors (Lipinski definition) is 2. The number of halogens is 2. The first-order valence-electron chi connectivity index (χ1n) is 7.11. The van der Waals surface area contributed by atoms with Crippen molar-refractivity contribution in [3.63, 3.8) is 0 Å². The molecule has 2 aliphatic heterocycles. The second-order valence-electron chi connectivity index (χ2n) is 5.67. The van der Waals surface area contributed by atoms with E-state index in [0.717, 1.165) is 23.1 Å². The number of fused-ring (bicyclic) bond motifs is 1. The summed E-state index contributed by atoms with van der Waals surface area (Å²) in [6.07, 6.45) is 0.846. The van der Waals surface area contributed by atoms with E-state index < -0.39 is 0 Å². The van der Waals surface area contributed by atoms with Crippen LogP contribution in [0.1, 0.15) is 17.2 Å². The molecule has 0 radical (unpaired) electrons. The molecule has 0 aromatic heterocycles. The lowest BCUT2D eigenvalue weighted by atomic mass is 9.97. The van der Waals surface area contributed by atoms with Crippen LogP contribution in [-0.2, 0) is 4.74 Å². The second-order valence-corrected chi connectivity index (χ2v) is 6.55. The highest BCUT2D eigenvalue weighted by Gasteiger charge is 2.49. The van der Waals surface area contributed by atoms with Crippen molar-refractivity contribution in [2.75, 3.05) is 13.1 Å². The van der Waals surface area contributed by atoms with Crippen LogP contribution in [0.25, 0.3) is 0 Å². The van der Waals surface area contributed by atoms with Gasteiger partial charge in [0.1, 0.15) is 0 Å². The van der Waals surface area contributed by atoms with Crippen LogP contribution in [-0.4, -0.2) is 30.2 Å². The first-order chi connectivity index (χ1) is 10.2. The fourth-order valence-corrected chi connectivity index (χ4v) is 3.40. The van der Waals surface area contributed by atoms with Crippen molar-refractivity contribution < 1.29 is 4.74 Å². The van der Waals surface area contributed by atoms with E-state index in [1.807, 2.05) is 24.3 Å². The van der Waals surface area contributed by atoms with Gasteiger partial charge in [0, 0.05) is 23.1 Å². The lowest BCUT2D eigenvalue weighted by Crippen LogP contribution is -2.30. The largest absolute Gasteiger partial charge is 0.367 e. The standard InChI is InChI=1S/C17H15Cl2NO/c18-13-5-1-11(2-6-13)17(12-3-7-14(19)8-4-12)20-9-15-16(10-20)21-15/h1-8,15-17H,9-10H2. The van der Waals surface area contributed by atoms with E-state index in [1.54, 1.807) is 0 Å². The maximum absolute atomic E-state index is 6.02. The molecule has 2 unspecified atom stereocenters. The minimum absolute atomic E-state index is 0.232. The zero-order valence-corrected chi connectivity index (χ0v) is 12.9. The van der Waals surface area contributed by atoms with Crippen molar-refractivity contribution in [2.45, 2.75) is 18.2 Å². The topological polar surface area (TPSA) is 15.8 Å². The molecule has 0 N–H and O–H groups in total. The van der Waals surface area contributed by atoms with E-state index in [4.69, 9.17) is 27.9 Å². The summed E-state index contributed by atoms with van der Waals surface area (Å²) in [6.45, 7) is 1.97. The predicted molar refractivity (Wildman–Crippen MR) is 85.0 cm³/mol. The first kappa shape index (κ1) is 13.6. The molecule has 2 fully saturated rings. The monoisotopic (exact) mass is 319 g/mol. The highest BCUT2D eigenvalue weighted by molar-refractivity contribution is 6.30. The van der Waals surface area contributed by atoms with Crippen LogP contribution in [0.2, 0.25) is 10.0 Å². The summed E-state index contributed by atoms with van der Waals surface area (Å²) in [7, 11) is 0. The normalized spacial score (nSPS) is 24.3.